The molecule has 0 spiro atoms. The zero-order valence-electron chi connectivity index (χ0n) is 11.9. The lowest BCUT2D eigenvalue weighted by atomic mass is 10.1. The fourth-order valence-corrected chi connectivity index (χ4v) is 1.33. The Morgan fingerprint density at radius 3 is 2.35 bits per heavy atom. The Bertz CT molecular complexity index is 219. The van der Waals surface area contributed by atoms with Gasteiger partial charge in [0, 0.05) is 13.1 Å². The molecule has 0 aliphatic carbocycles. The smallest absolute Gasteiger partial charge is 0.0558 e. The molecule has 0 saturated carbocycles. The molecule has 0 fully saturated rings. The molecule has 0 aromatic carbocycles. The number of rotatable bonds is 8. The van der Waals surface area contributed by atoms with Gasteiger partial charge in [-0.25, -0.2) is 0 Å². The Labute approximate surface area is 107 Å². The normalized spacial score (nSPS) is 11.5. The molecule has 17 heavy (non-hydrogen) atoms. The fraction of sp³-hybridized carbons (Fsp3) is 0.600. The van der Waals surface area contributed by atoms with Crippen LogP contribution in [-0.2, 0) is 0 Å². The average Bonchev–Trinajstić information content (AvgIpc) is 2.39. The SMILES string of the molecule is C=C/C(=C\C=C/C)CCN(CC)CCO.CC. The van der Waals surface area contributed by atoms with Crippen molar-refractivity contribution in [1.29, 1.82) is 0 Å². The van der Waals surface area contributed by atoms with E-state index in [9.17, 15) is 0 Å². The first-order chi connectivity index (χ1) is 8.28. The molecule has 0 amide bonds. The molecule has 0 bridgehead atoms. The van der Waals surface area contributed by atoms with Crippen molar-refractivity contribution in [2.45, 2.75) is 34.1 Å². The molecular formula is C15H29NO. The number of aliphatic hydroxyl groups excluding tert-OH is 1. The number of likely N-dealkylation sites (N-methyl/N-ethyl adjacent to an activating group) is 1. The molecule has 0 atom stereocenters. The highest BCUT2D eigenvalue weighted by Crippen LogP contribution is 2.04. The van der Waals surface area contributed by atoms with Crippen LogP contribution in [-0.4, -0.2) is 36.2 Å². The van der Waals surface area contributed by atoms with E-state index in [-0.39, 0.29) is 6.61 Å². The van der Waals surface area contributed by atoms with Crippen molar-refractivity contribution >= 4 is 0 Å². The summed E-state index contributed by atoms with van der Waals surface area (Å²) in [6.07, 6.45) is 9.00. The van der Waals surface area contributed by atoms with E-state index < -0.39 is 0 Å². The molecular weight excluding hydrogens is 210 g/mol. The summed E-state index contributed by atoms with van der Waals surface area (Å²) < 4.78 is 0. The zero-order chi connectivity index (χ0) is 13.5. The maximum absolute atomic E-state index is 8.84. The molecule has 0 aliphatic heterocycles. The van der Waals surface area contributed by atoms with Gasteiger partial charge in [-0.2, -0.15) is 0 Å². The van der Waals surface area contributed by atoms with Crippen LogP contribution in [0.4, 0.5) is 0 Å². The molecule has 0 aliphatic rings. The lowest BCUT2D eigenvalue weighted by Crippen LogP contribution is -2.27. The van der Waals surface area contributed by atoms with Crippen LogP contribution >= 0.6 is 0 Å². The second kappa shape index (κ2) is 15.1. The first-order valence-corrected chi connectivity index (χ1v) is 6.56. The van der Waals surface area contributed by atoms with E-state index in [0.29, 0.717) is 0 Å². The average molecular weight is 239 g/mol. The Hall–Kier alpha value is -0.860. The van der Waals surface area contributed by atoms with Gasteiger partial charge in [-0.05, 0) is 25.5 Å². The molecule has 2 nitrogen and oxygen atoms in total. The molecule has 2 heteroatoms. The van der Waals surface area contributed by atoms with E-state index in [0.717, 1.165) is 26.1 Å². The summed E-state index contributed by atoms with van der Waals surface area (Å²) in [6, 6.07) is 0. The Balaban J connectivity index is 0. The third kappa shape index (κ3) is 11.4. The summed E-state index contributed by atoms with van der Waals surface area (Å²) in [5.74, 6) is 0. The van der Waals surface area contributed by atoms with Crippen molar-refractivity contribution in [2.75, 3.05) is 26.2 Å². The number of allylic oxidation sites excluding steroid dienone is 4. The van der Waals surface area contributed by atoms with Crippen LogP contribution in [0.15, 0.2) is 36.5 Å². The topological polar surface area (TPSA) is 23.5 Å². The number of hydrogen-bond acceptors (Lipinski definition) is 2. The lowest BCUT2D eigenvalue weighted by Gasteiger charge is -2.18. The second-order valence-corrected chi connectivity index (χ2v) is 3.38. The number of nitrogens with zero attached hydrogens (tertiary/aromatic N) is 1. The van der Waals surface area contributed by atoms with Gasteiger partial charge in [0.1, 0.15) is 0 Å². The van der Waals surface area contributed by atoms with Crippen LogP contribution in [0.25, 0.3) is 0 Å². The van der Waals surface area contributed by atoms with Gasteiger partial charge >= 0.3 is 0 Å². The molecule has 100 valence electrons. The summed E-state index contributed by atoms with van der Waals surface area (Å²) in [5, 5.41) is 8.84. The Kier molecular flexibility index (Phi) is 16.5. The van der Waals surface area contributed by atoms with Crippen LogP contribution in [0.3, 0.4) is 0 Å². The summed E-state index contributed by atoms with van der Waals surface area (Å²) in [4.78, 5) is 2.23. The van der Waals surface area contributed by atoms with Crippen LogP contribution < -0.4 is 0 Å². The minimum absolute atomic E-state index is 0.232. The van der Waals surface area contributed by atoms with Crippen molar-refractivity contribution in [2.24, 2.45) is 0 Å². The first kappa shape index (κ1) is 18.5. The number of aliphatic hydroxyl groups is 1. The van der Waals surface area contributed by atoms with Crippen molar-refractivity contribution in [3.8, 4) is 0 Å². The van der Waals surface area contributed by atoms with Gasteiger partial charge < -0.3 is 10.0 Å². The fourth-order valence-electron chi connectivity index (χ4n) is 1.33. The Morgan fingerprint density at radius 1 is 1.29 bits per heavy atom. The van der Waals surface area contributed by atoms with E-state index in [4.69, 9.17) is 5.11 Å². The van der Waals surface area contributed by atoms with Crippen LogP contribution in [0.2, 0.25) is 0 Å². The van der Waals surface area contributed by atoms with Crippen LogP contribution in [0, 0.1) is 0 Å². The van der Waals surface area contributed by atoms with Crippen molar-refractivity contribution in [1.82, 2.24) is 4.90 Å². The largest absolute Gasteiger partial charge is 0.395 e. The van der Waals surface area contributed by atoms with Gasteiger partial charge in [0.2, 0.25) is 0 Å². The van der Waals surface area contributed by atoms with Gasteiger partial charge in [-0.15, -0.1) is 0 Å². The first-order valence-electron chi connectivity index (χ1n) is 6.56. The highest BCUT2D eigenvalue weighted by atomic mass is 16.3. The van der Waals surface area contributed by atoms with Gasteiger partial charge in [-0.1, -0.05) is 51.7 Å². The summed E-state index contributed by atoms with van der Waals surface area (Å²) in [5.41, 5.74) is 1.24. The quantitative estimate of drug-likeness (QED) is 0.656. The van der Waals surface area contributed by atoms with Crippen molar-refractivity contribution < 1.29 is 5.11 Å². The predicted molar refractivity (Wildman–Crippen MR) is 78.3 cm³/mol. The third-order valence-electron chi connectivity index (χ3n) is 2.35. The maximum Gasteiger partial charge on any atom is 0.0558 e. The molecule has 0 radical (unpaired) electrons. The van der Waals surface area contributed by atoms with E-state index in [1.165, 1.54) is 5.57 Å². The lowest BCUT2D eigenvalue weighted by molar-refractivity contribution is 0.203. The molecule has 1 N–H and O–H groups in total. The van der Waals surface area contributed by atoms with E-state index >= 15 is 0 Å². The standard InChI is InChI=1S/C13H23NO.C2H6/c1-4-7-8-13(5-2)9-10-14(6-3)11-12-15;1-2/h4-5,7-8,15H,2,6,9-12H2,1,3H3;1-2H3/b7-4-,13-8+;. The van der Waals surface area contributed by atoms with E-state index in [1.807, 2.05) is 39.0 Å². The van der Waals surface area contributed by atoms with Gasteiger partial charge in [0.15, 0.2) is 0 Å². The van der Waals surface area contributed by atoms with Crippen LogP contribution in [0.5, 0.6) is 0 Å². The van der Waals surface area contributed by atoms with E-state index in [2.05, 4.69) is 24.5 Å². The molecule has 0 rings (SSSR count). The minimum atomic E-state index is 0.232. The summed E-state index contributed by atoms with van der Waals surface area (Å²) in [6.45, 7) is 14.9. The summed E-state index contributed by atoms with van der Waals surface area (Å²) in [7, 11) is 0. The molecule has 0 aromatic rings. The Morgan fingerprint density at radius 2 is 1.94 bits per heavy atom. The van der Waals surface area contributed by atoms with Crippen molar-refractivity contribution in [3.63, 3.8) is 0 Å². The second-order valence-electron chi connectivity index (χ2n) is 3.38. The highest BCUT2D eigenvalue weighted by Gasteiger charge is 2.01. The third-order valence-corrected chi connectivity index (χ3v) is 2.35. The van der Waals surface area contributed by atoms with E-state index in [1.54, 1.807) is 0 Å². The molecule has 0 aromatic heterocycles. The van der Waals surface area contributed by atoms with Crippen molar-refractivity contribution in [3.05, 3.63) is 36.5 Å². The maximum atomic E-state index is 8.84. The van der Waals surface area contributed by atoms with Gasteiger partial charge in [0.25, 0.3) is 0 Å². The van der Waals surface area contributed by atoms with Gasteiger partial charge in [-0.3, -0.25) is 0 Å². The molecule has 0 heterocycles. The minimum Gasteiger partial charge on any atom is -0.395 e. The predicted octanol–water partition coefficient (Wildman–Crippen LogP) is 3.41. The van der Waals surface area contributed by atoms with Crippen LogP contribution in [0.1, 0.15) is 34.1 Å². The summed E-state index contributed by atoms with van der Waals surface area (Å²) >= 11 is 0. The highest BCUT2D eigenvalue weighted by molar-refractivity contribution is 5.21. The molecule has 0 unspecified atom stereocenters. The van der Waals surface area contributed by atoms with Gasteiger partial charge in [0.05, 0.1) is 6.61 Å². The monoisotopic (exact) mass is 239 g/mol. The molecule has 0 saturated heterocycles. The zero-order valence-corrected chi connectivity index (χ0v) is 11.9. The number of hydrogen-bond donors (Lipinski definition) is 1.